The molecule has 0 aliphatic carbocycles. The second-order valence-corrected chi connectivity index (χ2v) is 8.23. The molecule has 1 fully saturated rings. The molecular formula is C23H26ClFN4O3. The van der Waals surface area contributed by atoms with Gasteiger partial charge in [-0.1, -0.05) is 24.2 Å². The van der Waals surface area contributed by atoms with E-state index < -0.39 is 17.8 Å². The number of carbonyl (C=O) groups is 2. The van der Waals surface area contributed by atoms with E-state index in [1.807, 2.05) is 6.92 Å². The van der Waals surface area contributed by atoms with Crippen molar-refractivity contribution in [3.05, 3.63) is 70.8 Å². The lowest BCUT2D eigenvalue weighted by Gasteiger charge is -2.40. The molecule has 1 aliphatic heterocycles. The molecule has 170 valence electrons. The first-order valence-corrected chi connectivity index (χ1v) is 10.6. The van der Waals surface area contributed by atoms with Crippen molar-refractivity contribution in [1.82, 2.24) is 14.8 Å². The molecule has 1 unspecified atom stereocenters. The van der Waals surface area contributed by atoms with Crippen molar-refractivity contribution in [3.63, 3.8) is 0 Å². The van der Waals surface area contributed by atoms with Crippen LogP contribution in [0.1, 0.15) is 34.6 Å². The zero-order chi connectivity index (χ0) is 23.4. The van der Waals surface area contributed by atoms with Crippen LogP contribution in [0, 0.1) is 12.7 Å². The number of hydrogen-bond acceptors (Lipinski definition) is 5. The Balaban J connectivity index is 1.83. The summed E-state index contributed by atoms with van der Waals surface area (Å²) >= 11 is 5.86. The summed E-state index contributed by atoms with van der Waals surface area (Å²) in [6.07, 6.45) is 2.21. The first kappa shape index (κ1) is 23.7. The third kappa shape index (κ3) is 5.44. The van der Waals surface area contributed by atoms with Gasteiger partial charge in [-0.3, -0.25) is 14.5 Å². The van der Waals surface area contributed by atoms with Gasteiger partial charge in [0.2, 0.25) is 5.91 Å². The lowest BCUT2D eigenvalue weighted by molar-refractivity contribution is -0.130. The van der Waals surface area contributed by atoms with Crippen molar-refractivity contribution in [2.75, 3.05) is 26.2 Å². The van der Waals surface area contributed by atoms with Crippen LogP contribution in [-0.2, 0) is 4.79 Å². The molecule has 2 amide bonds. The van der Waals surface area contributed by atoms with E-state index in [1.165, 1.54) is 24.4 Å². The fourth-order valence-electron chi connectivity index (χ4n) is 3.84. The first-order valence-electron chi connectivity index (χ1n) is 10.2. The van der Waals surface area contributed by atoms with E-state index in [2.05, 4.69) is 16.5 Å². The first-order chi connectivity index (χ1) is 15.2. The van der Waals surface area contributed by atoms with Crippen LogP contribution in [0.15, 0.2) is 43.1 Å². The number of primary amides is 1. The van der Waals surface area contributed by atoms with Crippen LogP contribution in [0.5, 0.6) is 5.75 Å². The van der Waals surface area contributed by atoms with Crippen LogP contribution in [-0.4, -0.2) is 58.8 Å². The largest absolute Gasteiger partial charge is 0.483 e. The topological polar surface area (TPSA) is 88.8 Å². The number of nitrogens with zero attached hydrogens (tertiary/aromatic N) is 3. The molecule has 2 N–H and O–H groups in total. The highest BCUT2D eigenvalue weighted by Crippen LogP contribution is 2.27. The van der Waals surface area contributed by atoms with E-state index in [4.69, 9.17) is 22.1 Å². The SMILES string of the molecule is C=CC(=O)N1CCN(CC(Oc2cnc(C(N)=O)c(C)c2)c2ccc(Cl)c(F)c2)C[C@H]1C. The highest BCUT2D eigenvalue weighted by atomic mass is 35.5. The minimum Gasteiger partial charge on any atom is -0.483 e. The van der Waals surface area contributed by atoms with Gasteiger partial charge in [0.1, 0.15) is 23.4 Å². The molecule has 2 aromatic rings. The Kier molecular flexibility index (Phi) is 7.48. The van der Waals surface area contributed by atoms with Crippen molar-refractivity contribution in [2.24, 2.45) is 5.73 Å². The van der Waals surface area contributed by atoms with Gasteiger partial charge >= 0.3 is 0 Å². The number of rotatable bonds is 7. The van der Waals surface area contributed by atoms with Crippen LogP contribution in [0.25, 0.3) is 0 Å². The van der Waals surface area contributed by atoms with Crippen LogP contribution in [0.2, 0.25) is 5.02 Å². The quantitative estimate of drug-likeness (QED) is 0.641. The number of hydrogen-bond donors (Lipinski definition) is 1. The summed E-state index contributed by atoms with van der Waals surface area (Å²) in [5.74, 6) is -0.820. The highest BCUT2D eigenvalue weighted by molar-refractivity contribution is 6.30. The van der Waals surface area contributed by atoms with E-state index in [9.17, 15) is 14.0 Å². The monoisotopic (exact) mass is 460 g/mol. The molecular weight excluding hydrogens is 435 g/mol. The van der Waals surface area contributed by atoms with E-state index in [-0.39, 0.29) is 22.7 Å². The second-order valence-electron chi connectivity index (χ2n) is 7.83. The van der Waals surface area contributed by atoms with Gasteiger partial charge in [-0.2, -0.15) is 0 Å². The van der Waals surface area contributed by atoms with Crippen LogP contribution < -0.4 is 10.5 Å². The summed E-state index contributed by atoms with van der Waals surface area (Å²) in [5.41, 5.74) is 6.70. The van der Waals surface area contributed by atoms with E-state index in [0.717, 1.165) is 0 Å². The van der Waals surface area contributed by atoms with E-state index in [0.29, 0.717) is 43.1 Å². The summed E-state index contributed by atoms with van der Waals surface area (Å²) in [6.45, 7) is 9.53. The smallest absolute Gasteiger partial charge is 0.267 e. The predicted molar refractivity (Wildman–Crippen MR) is 120 cm³/mol. The van der Waals surface area contributed by atoms with Gasteiger partial charge in [0.15, 0.2) is 0 Å². The van der Waals surface area contributed by atoms with E-state index in [1.54, 1.807) is 24.0 Å². The van der Waals surface area contributed by atoms with Gasteiger partial charge in [0, 0.05) is 32.2 Å². The number of nitrogens with two attached hydrogens (primary N) is 1. The summed E-state index contributed by atoms with van der Waals surface area (Å²) < 4.78 is 20.4. The molecule has 0 saturated carbocycles. The zero-order valence-electron chi connectivity index (χ0n) is 18.1. The molecule has 0 spiro atoms. The highest BCUT2D eigenvalue weighted by Gasteiger charge is 2.29. The number of pyridine rings is 1. The maximum Gasteiger partial charge on any atom is 0.267 e. The Morgan fingerprint density at radius 3 is 2.75 bits per heavy atom. The number of carbonyl (C=O) groups excluding carboxylic acids is 2. The standard InChI is InChI=1S/C23H26ClFN4O3/c1-4-21(30)29-8-7-28(12-15(29)3)13-20(16-5-6-18(24)19(25)10-16)32-17-9-14(2)22(23(26)31)27-11-17/h4-6,9-11,15,20H,1,7-8,12-13H2,2-3H3,(H2,26,31)/t15-,20?/m1/s1. The maximum atomic E-state index is 14.2. The Morgan fingerprint density at radius 1 is 1.41 bits per heavy atom. The Bertz CT molecular complexity index is 1030. The molecule has 1 aliphatic rings. The molecule has 0 radical (unpaired) electrons. The molecule has 9 heteroatoms. The van der Waals surface area contributed by atoms with Crippen molar-refractivity contribution < 1.29 is 18.7 Å². The van der Waals surface area contributed by atoms with Gasteiger partial charge in [-0.15, -0.1) is 0 Å². The maximum absolute atomic E-state index is 14.2. The van der Waals surface area contributed by atoms with Gasteiger partial charge in [-0.05, 0) is 49.2 Å². The molecule has 32 heavy (non-hydrogen) atoms. The summed E-state index contributed by atoms with van der Waals surface area (Å²) in [7, 11) is 0. The third-order valence-electron chi connectivity index (χ3n) is 5.47. The number of aryl methyl sites for hydroxylation is 1. The fourth-order valence-corrected chi connectivity index (χ4v) is 3.95. The average molecular weight is 461 g/mol. The van der Waals surface area contributed by atoms with Crippen molar-refractivity contribution in [2.45, 2.75) is 26.0 Å². The fraction of sp³-hybridized carbons (Fsp3) is 0.348. The second kappa shape index (κ2) is 10.1. The van der Waals surface area contributed by atoms with Gasteiger partial charge < -0.3 is 15.4 Å². The number of aromatic nitrogens is 1. The zero-order valence-corrected chi connectivity index (χ0v) is 18.8. The molecule has 2 atom stereocenters. The Hall–Kier alpha value is -2.97. The number of ether oxygens (including phenoxy) is 1. The molecule has 0 bridgehead atoms. The van der Waals surface area contributed by atoms with Crippen molar-refractivity contribution in [3.8, 4) is 5.75 Å². The van der Waals surface area contributed by atoms with Crippen LogP contribution >= 0.6 is 11.6 Å². The molecule has 2 heterocycles. The summed E-state index contributed by atoms with van der Waals surface area (Å²) in [5, 5.41) is 0.0287. The van der Waals surface area contributed by atoms with Gasteiger partial charge in [0.05, 0.1) is 11.2 Å². The van der Waals surface area contributed by atoms with E-state index >= 15 is 0 Å². The normalized spacial score (nSPS) is 17.6. The number of halogens is 2. The lowest BCUT2D eigenvalue weighted by Crippen LogP contribution is -2.54. The number of benzene rings is 1. The van der Waals surface area contributed by atoms with Gasteiger partial charge in [-0.25, -0.2) is 9.37 Å². The summed E-state index contributed by atoms with van der Waals surface area (Å²) in [4.78, 5) is 31.5. The Labute approximate surface area is 191 Å². The lowest BCUT2D eigenvalue weighted by atomic mass is 10.1. The predicted octanol–water partition coefficient (Wildman–Crippen LogP) is 3.12. The van der Waals surface area contributed by atoms with Gasteiger partial charge in [0.25, 0.3) is 5.91 Å². The van der Waals surface area contributed by atoms with Crippen LogP contribution in [0.4, 0.5) is 4.39 Å². The summed E-state index contributed by atoms with van der Waals surface area (Å²) in [6, 6.07) is 6.23. The average Bonchev–Trinajstić information content (AvgIpc) is 2.74. The van der Waals surface area contributed by atoms with Crippen molar-refractivity contribution in [1.29, 1.82) is 0 Å². The third-order valence-corrected chi connectivity index (χ3v) is 5.78. The van der Waals surface area contributed by atoms with Crippen LogP contribution in [0.3, 0.4) is 0 Å². The molecule has 3 rings (SSSR count). The van der Waals surface area contributed by atoms with Crippen molar-refractivity contribution >= 4 is 23.4 Å². The molecule has 1 aromatic heterocycles. The molecule has 1 aromatic carbocycles. The minimum absolute atomic E-state index is 0.00406. The molecule has 1 saturated heterocycles. The minimum atomic E-state index is -0.619. The molecule has 7 nitrogen and oxygen atoms in total. The number of piperazine rings is 1. The Morgan fingerprint density at radius 2 is 2.16 bits per heavy atom. The number of amides is 2.